The van der Waals surface area contributed by atoms with Gasteiger partial charge in [0.15, 0.2) is 11.5 Å². The number of ether oxygens (including phenoxy) is 1. The third-order valence-corrected chi connectivity index (χ3v) is 5.13. The first-order valence-electron chi connectivity index (χ1n) is 8.14. The Hall–Kier alpha value is -2.60. The highest BCUT2D eigenvalue weighted by molar-refractivity contribution is 7.99. The fraction of sp³-hybridized carbons (Fsp3) is 0.250. The Kier molecular flexibility index (Phi) is 5.13. The number of carbonyl (C=O) groups is 1. The number of furan rings is 1. The van der Waals surface area contributed by atoms with Crippen molar-refractivity contribution in [3.63, 3.8) is 0 Å². The second-order valence-electron chi connectivity index (χ2n) is 6.12. The van der Waals surface area contributed by atoms with Crippen LogP contribution in [0.4, 0.5) is 0 Å². The van der Waals surface area contributed by atoms with Crippen molar-refractivity contribution < 1.29 is 24.2 Å². The summed E-state index contributed by atoms with van der Waals surface area (Å²) in [7, 11) is 1.50. The maximum absolute atomic E-state index is 11.1. The number of rotatable bonds is 6. The standard InChI is InChI=1S/C20H20O5S/c1-11(20(22)23)8-12-4-7-16-14(9-12)19(26-3)18(25-16)13-5-6-15(21)17(10-13)24-2/h4-7,9-11,21H,8H2,1-3H3,(H,22,23). The molecule has 0 aliphatic rings. The Balaban J connectivity index is 2.08. The zero-order chi connectivity index (χ0) is 18.8. The van der Waals surface area contributed by atoms with Crippen LogP contribution in [0.1, 0.15) is 12.5 Å². The number of benzene rings is 2. The van der Waals surface area contributed by atoms with Crippen molar-refractivity contribution in [2.75, 3.05) is 13.4 Å². The quantitative estimate of drug-likeness (QED) is 0.605. The Labute approximate surface area is 155 Å². The van der Waals surface area contributed by atoms with Crippen molar-refractivity contribution in [1.82, 2.24) is 0 Å². The first-order valence-corrected chi connectivity index (χ1v) is 9.36. The molecule has 0 bridgehead atoms. The molecular formula is C20H20O5S. The number of carboxylic acid groups (broad SMARTS) is 1. The average Bonchev–Trinajstić information content (AvgIpc) is 2.99. The molecule has 1 heterocycles. The lowest BCUT2D eigenvalue weighted by Crippen LogP contribution is -2.12. The van der Waals surface area contributed by atoms with Crippen LogP contribution in [0, 0.1) is 5.92 Å². The van der Waals surface area contributed by atoms with Crippen LogP contribution < -0.4 is 4.74 Å². The van der Waals surface area contributed by atoms with Gasteiger partial charge in [0, 0.05) is 10.9 Å². The normalized spacial score (nSPS) is 12.3. The van der Waals surface area contributed by atoms with E-state index in [-0.39, 0.29) is 5.75 Å². The minimum Gasteiger partial charge on any atom is -0.504 e. The number of thioether (sulfide) groups is 1. The van der Waals surface area contributed by atoms with E-state index in [2.05, 4.69) is 0 Å². The first-order chi connectivity index (χ1) is 12.4. The smallest absolute Gasteiger partial charge is 0.306 e. The summed E-state index contributed by atoms with van der Waals surface area (Å²) in [6, 6.07) is 10.9. The van der Waals surface area contributed by atoms with E-state index in [1.807, 2.05) is 24.5 Å². The molecule has 0 aliphatic heterocycles. The summed E-state index contributed by atoms with van der Waals surface area (Å²) in [5.74, 6) is -0.0969. The van der Waals surface area contributed by atoms with E-state index >= 15 is 0 Å². The summed E-state index contributed by atoms with van der Waals surface area (Å²) < 4.78 is 11.2. The van der Waals surface area contributed by atoms with Gasteiger partial charge in [0.25, 0.3) is 0 Å². The van der Waals surface area contributed by atoms with Crippen molar-refractivity contribution in [2.45, 2.75) is 18.2 Å². The fourth-order valence-electron chi connectivity index (χ4n) is 2.90. The predicted molar refractivity (Wildman–Crippen MR) is 102 cm³/mol. The number of carboxylic acids is 1. The van der Waals surface area contributed by atoms with Crippen LogP contribution in [-0.2, 0) is 11.2 Å². The Morgan fingerprint density at radius 2 is 2.04 bits per heavy atom. The molecule has 0 saturated carbocycles. The zero-order valence-corrected chi connectivity index (χ0v) is 15.6. The molecular weight excluding hydrogens is 352 g/mol. The van der Waals surface area contributed by atoms with Gasteiger partial charge in [-0.25, -0.2) is 0 Å². The molecule has 1 atom stereocenters. The third-order valence-electron chi connectivity index (χ3n) is 4.32. The average molecular weight is 372 g/mol. The van der Waals surface area contributed by atoms with Gasteiger partial charge in [-0.1, -0.05) is 13.0 Å². The minimum absolute atomic E-state index is 0.0722. The molecule has 0 spiro atoms. The van der Waals surface area contributed by atoms with Crippen LogP contribution in [0.2, 0.25) is 0 Å². The molecule has 2 N–H and O–H groups in total. The van der Waals surface area contributed by atoms with Crippen molar-refractivity contribution >= 4 is 28.7 Å². The van der Waals surface area contributed by atoms with Crippen LogP contribution in [0.3, 0.4) is 0 Å². The molecule has 6 heteroatoms. The molecule has 0 radical (unpaired) electrons. The number of phenolic OH excluding ortho intramolecular Hbond substituents is 1. The number of hydrogen-bond donors (Lipinski definition) is 2. The Morgan fingerprint density at radius 1 is 1.27 bits per heavy atom. The SMILES string of the molecule is COc1cc(-c2oc3ccc(CC(C)C(=O)O)cc3c2SC)ccc1O. The van der Waals surface area contributed by atoms with Gasteiger partial charge in [0.1, 0.15) is 11.3 Å². The molecule has 0 saturated heterocycles. The lowest BCUT2D eigenvalue weighted by atomic mass is 10.0. The van der Waals surface area contributed by atoms with Crippen LogP contribution in [0.15, 0.2) is 45.7 Å². The summed E-state index contributed by atoms with van der Waals surface area (Å²) in [6.45, 7) is 1.70. The van der Waals surface area contributed by atoms with Gasteiger partial charge in [-0.15, -0.1) is 11.8 Å². The van der Waals surface area contributed by atoms with Gasteiger partial charge in [-0.2, -0.15) is 0 Å². The molecule has 1 aromatic heterocycles. The van der Waals surface area contributed by atoms with Gasteiger partial charge in [-0.05, 0) is 48.6 Å². The van der Waals surface area contributed by atoms with Gasteiger partial charge in [0.05, 0.1) is 17.9 Å². The Morgan fingerprint density at radius 3 is 2.69 bits per heavy atom. The van der Waals surface area contributed by atoms with Gasteiger partial charge < -0.3 is 19.4 Å². The second kappa shape index (κ2) is 7.33. The molecule has 136 valence electrons. The Bertz CT molecular complexity index is 960. The molecule has 3 rings (SSSR count). The number of aromatic hydroxyl groups is 1. The molecule has 0 fully saturated rings. The van der Waals surface area contributed by atoms with E-state index in [0.29, 0.717) is 17.9 Å². The van der Waals surface area contributed by atoms with E-state index < -0.39 is 11.9 Å². The highest BCUT2D eigenvalue weighted by Crippen LogP contribution is 2.42. The molecule has 1 unspecified atom stereocenters. The largest absolute Gasteiger partial charge is 0.504 e. The van der Waals surface area contributed by atoms with E-state index in [1.165, 1.54) is 7.11 Å². The van der Waals surface area contributed by atoms with Gasteiger partial charge in [0.2, 0.25) is 0 Å². The topological polar surface area (TPSA) is 79.9 Å². The summed E-state index contributed by atoms with van der Waals surface area (Å²) in [5, 5.41) is 19.9. The molecule has 2 aromatic carbocycles. The molecule has 5 nitrogen and oxygen atoms in total. The van der Waals surface area contributed by atoms with Crippen molar-refractivity contribution in [1.29, 1.82) is 0 Å². The maximum Gasteiger partial charge on any atom is 0.306 e. The van der Waals surface area contributed by atoms with Gasteiger partial charge in [-0.3, -0.25) is 4.79 Å². The minimum atomic E-state index is -0.806. The predicted octanol–water partition coefficient (Wildman–Crippen LogP) is 4.80. The van der Waals surface area contributed by atoms with Crippen LogP contribution in [-0.4, -0.2) is 29.5 Å². The van der Waals surface area contributed by atoms with Crippen LogP contribution >= 0.6 is 11.8 Å². The van der Waals surface area contributed by atoms with E-state index in [9.17, 15) is 9.90 Å². The summed E-state index contributed by atoms with van der Waals surface area (Å²) in [4.78, 5) is 12.1. The monoisotopic (exact) mass is 372 g/mol. The maximum atomic E-state index is 11.1. The van der Waals surface area contributed by atoms with Crippen LogP contribution in [0.5, 0.6) is 11.5 Å². The zero-order valence-electron chi connectivity index (χ0n) is 14.8. The molecule has 26 heavy (non-hydrogen) atoms. The highest BCUT2D eigenvalue weighted by Gasteiger charge is 2.18. The number of fused-ring (bicyclic) bond motifs is 1. The number of hydrogen-bond acceptors (Lipinski definition) is 5. The van der Waals surface area contributed by atoms with Crippen molar-refractivity contribution in [3.8, 4) is 22.8 Å². The summed E-state index contributed by atoms with van der Waals surface area (Å²) in [6.07, 6.45) is 2.44. The molecule has 3 aromatic rings. The molecule has 0 aliphatic carbocycles. The fourth-order valence-corrected chi connectivity index (χ4v) is 3.63. The van der Waals surface area contributed by atoms with E-state index in [1.54, 1.807) is 36.9 Å². The number of phenols is 1. The highest BCUT2D eigenvalue weighted by atomic mass is 32.2. The van der Waals surface area contributed by atoms with Gasteiger partial charge >= 0.3 is 5.97 Å². The third kappa shape index (κ3) is 3.37. The van der Waals surface area contributed by atoms with Crippen molar-refractivity contribution in [3.05, 3.63) is 42.0 Å². The number of methoxy groups -OCH3 is 1. The van der Waals surface area contributed by atoms with E-state index in [0.717, 1.165) is 27.0 Å². The molecule has 0 amide bonds. The van der Waals surface area contributed by atoms with E-state index in [4.69, 9.17) is 14.3 Å². The lowest BCUT2D eigenvalue weighted by molar-refractivity contribution is -0.141. The first kappa shape index (κ1) is 18.2. The summed E-state index contributed by atoms with van der Waals surface area (Å²) >= 11 is 1.56. The van der Waals surface area contributed by atoms with Crippen LogP contribution in [0.25, 0.3) is 22.3 Å². The second-order valence-corrected chi connectivity index (χ2v) is 6.94. The number of aliphatic carboxylic acids is 1. The summed E-state index contributed by atoms with van der Waals surface area (Å²) in [5.41, 5.74) is 2.50. The van der Waals surface area contributed by atoms with Crippen molar-refractivity contribution in [2.24, 2.45) is 5.92 Å². The lowest BCUT2D eigenvalue weighted by Gasteiger charge is -2.06.